The van der Waals surface area contributed by atoms with Crippen LogP contribution in [0.15, 0.2) is 30.5 Å². The summed E-state index contributed by atoms with van der Waals surface area (Å²) in [6.45, 7) is 3.73. The number of likely N-dealkylation sites (tertiary alicyclic amines) is 2. The van der Waals surface area contributed by atoms with E-state index >= 15 is 0 Å². The predicted octanol–water partition coefficient (Wildman–Crippen LogP) is 1.98. The lowest BCUT2D eigenvalue weighted by Gasteiger charge is -2.21. The lowest BCUT2D eigenvalue weighted by molar-refractivity contribution is -0.137. The Morgan fingerprint density at radius 3 is 2.66 bits per heavy atom. The molecule has 1 atom stereocenters. The molecule has 2 aliphatic heterocycles. The Labute approximate surface area is 186 Å². The van der Waals surface area contributed by atoms with E-state index < -0.39 is 0 Å². The van der Waals surface area contributed by atoms with Crippen LogP contribution in [0.4, 0.5) is 5.69 Å². The number of aromatic nitrogens is 2. The van der Waals surface area contributed by atoms with Crippen molar-refractivity contribution in [1.29, 1.82) is 0 Å². The molecule has 0 bridgehead atoms. The zero-order chi connectivity index (χ0) is 22.7. The van der Waals surface area contributed by atoms with Crippen LogP contribution in [0.5, 0.6) is 5.75 Å². The van der Waals surface area contributed by atoms with E-state index in [2.05, 4.69) is 15.3 Å². The molecule has 2 aromatic rings. The molecule has 9 heteroatoms. The number of nitrogens with zero attached hydrogens (tertiary/aromatic N) is 4. The molecule has 1 N–H and O–H groups in total. The van der Waals surface area contributed by atoms with Gasteiger partial charge in [0.15, 0.2) is 0 Å². The molecule has 4 rings (SSSR count). The van der Waals surface area contributed by atoms with Crippen LogP contribution in [0.1, 0.15) is 47.1 Å². The Balaban J connectivity index is 1.37. The summed E-state index contributed by atoms with van der Waals surface area (Å²) in [7, 11) is 1.59. The maximum Gasteiger partial charge on any atom is 0.259 e. The number of amides is 3. The monoisotopic (exact) mass is 437 g/mol. The summed E-state index contributed by atoms with van der Waals surface area (Å²) < 4.78 is 5.13. The second-order valence-electron chi connectivity index (χ2n) is 8.15. The van der Waals surface area contributed by atoms with Crippen LogP contribution < -0.4 is 10.1 Å². The Hall–Kier alpha value is -3.49. The van der Waals surface area contributed by atoms with E-state index in [0.717, 1.165) is 12.8 Å². The van der Waals surface area contributed by atoms with Gasteiger partial charge in [-0.2, -0.15) is 0 Å². The number of methoxy groups -OCH3 is 1. The van der Waals surface area contributed by atoms with Crippen molar-refractivity contribution in [2.45, 2.75) is 32.1 Å². The van der Waals surface area contributed by atoms with Crippen LogP contribution >= 0.6 is 0 Å². The molecule has 1 aromatic carbocycles. The summed E-state index contributed by atoms with van der Waals surface area (Å²) in [6, 6.07) is 7.08. The minimum atomic E-state index is -0.280. The molecule has 9 nitrogen and oxygen atoms in total. The summed E-state index contributed by atoms with van der Waals surface area (Å²) in [5.74, 6) is 1.11. The maximum atomic E-state index is 12.6. The van der Waals surface area contributed by atoms with Crippen molar-refractivity contribution in [1.82, 2.24) is 19.8 Å². The van der Waals surface area contributed by atoms with Gasteiger partial charge in [0.1, 0.15) is 11.6 Å². The van der Waals surface area contributed by atoms with Crippen LogP contribution in [-0.4, -0.2) is 70.8 Å². The Kier molecular flexibility index (Phi) is 6.34. The molecule has 0 radical (unpaired) electrons. The number of hydrogen-bond donors (Lipinski definition) is 1. The molecule has 3 heterocycles. The summed E-state index contributed by atoms with van der Waals surface area (Å²) in [6.07, 6.45) is 3.65. The highest BCUT2D eigenvalue weighted by Gasteiger charge is 2.32. The average Bonchev–Trinajstić information content (AvgIpc) is 3.44. The SMILES string of the molecule is COc1ccc(NC(=O)c2cnc([C@H]3CCN(C(=O)CN4CCCC4=O)C3)nc2C)cc1. The number of aryl methyl sites for hydroxylation is 1. The number of carbonyl (C=O) groups is 3. The number of anilines is 1. The molecule has 32 heavy (non-hydrogen) atoms. The van der Waals surface area contributed by atoms with Crippen molar-refractivity contribution in [2.75, 3.05) is 38.6 Å². The van der Waals surface area contributed by atoms with Gasteiger partial charge in [0, 0.05) is 43.9 Å². The third-order valence-corrected chi connectivity index (χ3v) is 5.99. The third kappa shape index (κ3) is 4.71. The van der Waals surface area contributed by atoms with E-state index in [4.69, 9.17) is 4.74 Å². The fourth-order valence-corrected chi connectivity index (χ4v) is 4.11. The third-order valence-electron chi connectivity index (χ3n) is 5.99. The first kappa shape index (κ1) is 21.7. The van der Waals surface area contributed by atoms with Crippen LogP contribution in [0.25, 0.3) is 0 Å². The fourth-order valence-electron chi connectivity index (χ4n) is 4.11. The van der Waals surface area contributed by atoms with Crippen molar-refractivity contribution in [3.05, 3.63) is 47.5 Å². The number of carbonyl (C=O) groups excluding carboxylic acids is 3. The van der Waals surface area contributed by atoms with Gasteiger partial charge in [0.2, 0.25) is 11.8 Å². The van der Waals surface area contributed by atoms with Gasteiger partial charge in [0.05, 0.1) is 24.9 Å². The van der Waals surface area contributed by atoms with Crippen LogP contribution in [0.3, 0.4) is 0 Å². The Bertz CT molecular complexity index is 1020. The highest BCUT2D eigenvalue weighted by molar-refractivity contribution is 6.04. The average molecular weight is 438 g/mol. The molecule has 2 aliphatic rings. The highest BCUT2D eigenvalue weighted by atomic mass is 16.5. The maximum absolute atomic E-state index is 12.6. The molecular weight excluding hydrogens is 410 g/mol. The number of nitrogens with one attached hydrogen (secondary N) is 1. The summed E-state index contributed by atoms with van der Waals surface area (Å²) >= 11 is 0. The van der Waals surface area contributed by atoms with Gasteiger partial charge < -0.3 is 19.9 Å². The first-order valence-electron chi connectivity index (χ1n) is 10.8. The minimum Gasteiger partial charge on any atom is -0.497 e. The molecule has 0 aliphatic carbocycles. The normalized spacial score (nSPS) is 18.2. The molecule has 0 saturated carbocycles. The van der Waals surface area contributed by atoms with Crippen molar-refractivity contribution < 1.29 is 19.1 Å². The molecule has 3 amide bonds. The van der Waals surface area contributed by atoms with E-state index in [1.54, 1.807) is 54.3 Å². The number of ether oxygens (including phenoxy) is 1. The van der Waals surface area contributed by atoms with Gasteiger partial charge in [-0.1, -0.05) is 0 Å². The largest absolute Gasteiger partial charge is 0.497 e. The van der Waals surface area contributed by atoms with Gasteiger partial charge >= 0.3 is 0 Å². The summed E-state index contributed by atoms with van der Waals surface area (Å²) in [5, 5.41) is 2.84. The van der Waals surface area contributed by atoms with E-state index in [0.29, 0.717) is 54.6 Å². The van der Waals surface area contributed by atoms with Crippen molar-refractivity contribution in [3.63, 3.8) is 0 Å². The van der Waals surface area contributed by atoms with Gasteiger partial charge in [-0.25, -0.2) is 9.97 Å². The molecule has 2 fully saturated rings. The second-order valence-corrected chi connectivity index (χ2v) is 8.15. The topological polar surface area (TPSA) is 105 Å². The second kappa shape index (κ2) is 9.33. The molecule has 1 aromatic heterocycles. The predicted molar refractivity (Wildman–Crippen MR) is 117 cm³/mol. The summed E-state index contributed by atoms with van der Waals surface area (Å²) in [5.41, 5.74) is 1.65. The number of benzene rings is 1. The van der Waals surface area contributed by atoms with E-state index in [-0.39, 0.29) is 30.2 Å². The molecule has 168 valence electrons. The molecule has 0 spiro atoms. The minimum absolute atomic E-state index is 0.0191. The Morgan fingerprint density at radius 2 is 2.00 bits per heavy atom. The van der Waals surface area contributed by atoms with Crippen molar-refractivity contribution in [2.24, 2.45) is 0 Å². The summed E-state index contributed by atoms with van der Waals surface area (Å²) in [4.78, 5) is 49.4. The van der Waals surface area contributed by atoms with Gasteiger partial charge in [-0.3, -0.25) is 14.4 Å². The van der Waals surface area contributed by atoms with Gasteiger partial charge in [0.25, 0.3) is 5.91 Å². The number of rotatable bonds is 6. The zero-order valence-electron chi connectivity index (χ0n) is 18.3. The van der Waals surface area contributed by atoms with Gasteiger partial charge in [-0.15, -0.1) is 0 Å². The quantitative estimate of drug-likeness (QED) is 0.741. The lowest BCUT2D eigenvalue weighted by Crippen LogP contribution is -2.39. The first-order valence-corrected chi connectivity index (χ1v) is 10.8. The Morgan fingerprint density at radius 1 is 1.22 bits per heavy atom. The van der Waals surface area contributed by atoms with E-state index in [1.165, 1.54) is 0 Å². The van der Waals surface area contributed by atoms with Crippen molar-refractivity contribution >= 4 is 23.4 Å². The highest BCUT2D eigenvalue weighted by Crippen LogP contribution is 2.26. The lowest BCUT2D eigenvalue weighted by atomic mass is 10.1. The molecule has 0 unspecified atom stereocenters. The first-order chi connectivity index (χ1) is 15.4. The smallest absolute Gasteiger partial charge is 0.259 e. The van der Waals surface area contributed by atoms with Crippen molar-refractivity contribution in [3.8, 4) is 5.75 Å². The fraction of sp³-hybridized carbons (Fsp3) is 0.435. The standard InChI is InChI=1S/C23H27N5O4/c1-15-19(23(31)26-17-5-7-18(32-2)8-6-17)12-24-22(25-15)16-9-11-28(13-16)21(30)14-27-10-3-4-20(27)29/h5-8,12,16H,3-4,9-11,13-14H2,1-2H3,(H,26,31)/t16-/m0/s1. The van der Waals surface area contributed by atoms with E-state index in [9.17, 15) is 14.4 Å². The number of hydrogen-bond acceptors (Lipinski definition) is 6. The van der Waals surface area contributed by atoms with Crippen LogP contribution in [0, 0.1) is 6.92 Å². The molecule has 2 saturated heterocycles. The van der Waals surface area contributed by atoms with Crippen LogP contribution in [-0.2, 0) is 9.59 Å². The zero-order valence-corrected chi connectivity index (χ0v) is 18.3. The van der Waals surface area contributed by atoms with E-state index in [1.807, 2.05) is 0 Å². The molecular formula is C23H27N5O4. The van der Waals surface area contributed by atoms with Gasteiger partial charge in [-0.05, 0) is 44.0 Å². The van der Waals surface area contributed by atoms with Crippen LogP contribution in [0.2, 0.25) is 0 Å².